The largest absolute Gasteiger partial charge is 0.368 e. The molecule has 1 rings (SSSR count). The zero-order valence-electron chi connectivity index (χ0n) is 10.9. The monoisotopic (exact) mass is 223 g/mol. The van der Waals surface area contributed by atoms with Crippen molar-refractivity contribution in [2.45, 2.75) is 46.5 Å². The van der Waals surface area contributed by atoms with Crippen LogP contribution in [0, 0.1) is 11.8 Å². The fourth-order valence-electron chi connectivity index (χ4n) is 2.55. The molecule has 1 heterocycles. The van der Waals surface area contributed by atoms with Gasteiger partial charge in [-0.25, -0.2) is 0 Å². The summed E-state index contributed by atoms with van der Waals surface area (Å²) in [5.74, 6) is 1.39. The predicted molar refractivity (Wildman–Crippen MR) is 68.2 cm³/mol. The van der Waals surface area contributed by atoms with E-state index in [-0.39, 0.29) is 0 Å². The third-order valence-electron chi connectivity index (χ3n) is 3.40. The van der Waals surface area contributed by atoms with Crippen molar-refractivity contribution < 1.29 is 4.79 Å². The quantitative estimate of drug-likeness (QED) is 0.644. The van der Waals surface area contributed by atoms with Gasteiger partial charge in [-0.3, -0.25) is 0 Å². The smallest absolute Gasteiger partial charge is 0.139 e. The Bertz CT molecular complexity index is 247. The first-order valence-corrected chi connectivity index (χ1v) is 6.60. The van der Waals surface area contributed by atoms with E-state index in [1.807, 2.05) is 0 Å². The summed E-state index contributed by atoms with van der Waals surface area (Å²) in [5.41, 5.74) is 1.40. The molecule has 0 aromatic rings. The molecule has 92 valence electrons. The molecule has 0 aromatic carbocycles. The van der Waals surface area contributed by atoms with E-state index in [1.54, 1.807) is 0 Å². The molecule has 1 aliphatic rings. The van der Waals surface area contributed by atoms with Gasteiger partial charge in [-0.1, -0.05) is 33.3 Å². The minimum atomic E-state index is 0.568. The Morgan fingerprint density at radius 2 is 2.25 bits per heavy atom. The molecule has 1 saturated heterocycles. The number of aldehydes is 1. The summed E-state index contributed by atoms with van der Waals surface area (Å²) in [5, 5.41) is 0. The van der Waals surface area contributed by atoms with E-state index < -0.39 is 0 Å². The number of rotatable bonds is 6. The fraction of sp³-hybridized carbons (Fsp3) is 0.786. The molecule has 0 aromatic heterocycles. The van der Waals surface area contributed by atoms with Gasteiger partial charge in [-0.15, -0.1) is 0 Å². The molecule has 2 nitrogen and oxygen atoms in total. The Morgan fingerprint density at radius 3 is 2.81 bits per heavy atom. The van der Waals surface area contributed by atoms with Gasteiger partial charge >= 0.3 is 0 Å². The molecule has 2 atom stereocenters. The maximum Gasteiger partial charge on any atom is 0.139 e. The minimum Gasteiger partial charge on any atom is -0.368 e. The molecule has 0 amide bonds. The molecule has 0 spiro atoms. The topological polar surface area (TPSA) is 20.3 Å². The van der Waals surface area contributed by atoms with Gasteiger partial charge in [0.1, 0.15) is 6.29 Å². The van der Waals surface area contributed by atoms with Crippen LogP contribution in [0.1, 0.15) is 46.5 Å². The summed E-state index contributed by atoms with van der Waals surface area (Å²) in [7, 11) is 0. The molecule has 0 radical (unpaired) electrons. The number of likely N-dealkylation sites (tertiary alicyclic amines) is 1. The van der Waals surface area contributed by atoms with E-state index in [0.29, 0.717) is 18.4 Å². The number of carbonyl (C=O) groups excluding carboxylic acids is 1. The van der Waals surface area contributed by atoms with Gasteiger partial charge in [0.2, 0.25) is 0 Å². The highest BCUT2D eigenvalue weighted by molar-refractivity contribution is 5.52. The Morgan fingerprint density at radius 1 is 1.50 bits per heavy atom. The van der Waals surface area contributed by atoms with Crippen molar-refractivity contribution in [2.24, 2.45) is 11.8 Å². The van der Waals surface area contributed by atoms with Gasteiger partial charge in [0.05, 0.1) is 6.54 Å². The van der Waals surface area contributed by atoms with Crippen molar-refractivity contribution in [2.75, 3.05) is 13.1 Å². The van der Waals surface area contributed by atoms with Crippen LogP contribution in [0.4, 0.5) is 0 Å². The van der Waals surface area contributed by atoms with Crippen LogP contribution < -0.4 is 0 Å². The maximum absolute atomic E-state index is 10.6. The van der Waals surface area contributed by atoms with Gasteiger partial charge in [0.15, 0.2) is 0 Å². The van der Waals surface area contributed by atoms with E-state index >= 15 is 0 Å². The Kier molecular flexibility index (Phi) is 5.58. The highest BCUT2D eigenvalue weighted by Crippen LogP contribution is 2.28. The number of allylic oxidation sites excluding steroid dienone is 2. The van der Waals surface area contributed by atoms with Crippen LogP contribution in [0.15, 0.2) is 11.8 Å². The van der Waals surface area contributed by atoms with Gasteiger partial charge < -0.3 is 9.69 Å². The van der Waals surface area contributed by atoms with Gasteiger partial charge in [-0.05, 0) is 31.1 Å². The van der Waals surface area contributed by atoms with E-state index in [4.69, 9.17) is 0 Å². The molecule has 1 aliphatic heterocycles. The SMILES string of the molecule is CCCC(/C=C1\CC(C)CN1CC=O)CC. The molecule has 0 saturated carbocycles. The second-order valence-corrected chi connectivity index (χ2v) is 5.00. The van der Waals surface area contributed by atoms with Crippen LogP contribution in [0.5, 0.6) is 0 Å². The molecule has 16 heavy (non-hydrogen) atoms. The number of hydrogen-bond donors (Lipinski definition) is 0. The molecule has 2 heteroatoms. The molecule has 0 bridgehead atoms. The van der Waals surface area contributed by atoms with Gasteiger partial charge in [0, 0.05) is 12.2 Å². The summed E-state index contributed by atoms with van der Waals surface area (Å²) in [4.78, 5) is 12.9. The van der Waals surface area contributed by atoms with Gasteiger partial charge in [-0.2, -0.15) is 0 Å². The van der Waals surface area contributed by atoms with E-state index in [2.05, 4.69) is 31.7 Å². The van der Waals surface area contributed by atoms with Crippen LogP contribution in [0.2, 0.25) is 0 Å². The average molecular weight is 223 g/mol. The third-order valence-corrected chi connectivity index (χ3v) is 3.40. The van der Waals surface area contributed by atoms with Crippen molar-refractivity contribution in [1.29, 1.82) is 0 Å². The van der Waals surface area contributed by atoms with E-state index in [0.717, 1.165) is 19.3 Å². The molecular weight excluding hydrogens is 198 g/mol. The highest BCUT2D eigenvalue weighted by Gasteiger charge is 2.23. The summed E-state index contributed by atoms with van der Waals surface area (Å²) in [6.07, 6.45) is 8.30. The third kappa shape index (κ3) is 3.66. The van der Waals surface area contributed by atoms with Crippen molar-refractivity contribution in [1.82, 2.24) is 4.90 Å². The summed E-state index contributed by atoms with van der Waals surface area (Å²) in [6.45, 7) is 8.37. The normalized spacial score (nSPS) is 25.1. The Hall–Kier alpha value is -0.790. The lowest BCUT2D eigenvalue weighted by Gasteiger charge is -2.19. The average Bonchev–Trinajstić information content (AvgIpc) is 2.59. The van der Waals surface area contributed by atoms with Crippen molar-refractivity contribution >= 4 is 6.29 Å². The Balaban J connectivity index is 2.66. The van der Waals surface area contributed by atoms with Crippen LogP contribution in [-0.4, -0.2) is 24.3 Å². The number of carbonyl (C=O) groups is 1. The lowest BCUT2D eigenvalue weighted by Crippen LogP contribution is -2.21. The lowest BCUT2D eigenvalue weighted by molar-refractivity contribution is -0.108. The summed E-state index contributed by atoms with van der Waals surface area (Å²) in [6, 6.07) is 0. The Labute approximate surface area is 99.7 Å². The fourth-order valence-corrected chi connectivity index (χ4v) is 2.55. The van der Waals surface area contributed by atoms with Crippen LogP contribution >= 0.6 is 0 Å². The number of hydrogen-bond acceptors (Lipinski definition) is 2. The molecule has 1 fully saturated rings. The highest BCUT2D eigenvalue weighted by atomic mass is 16.1. The second-order valence-electron chi connectivity index (χ2n) is 5.00. The minimum absolute atomic E-state index is 0.568. The van der Waals surface area contributed by atoms with Crippen molar-refractivity contribution in [3.05, 3.63) is 11.8 Å². The molecule has 2 unspecified atom stereocenters. The lowest BCUT2D eigenvalue weighted by atomic mass is 9.98. The standard InChI is InChI=1S/C14H25NO/c1-4-6-13(5-2)10-14-9-12(3)11-15(14)7-8-16/h8,10,12-13H,4-7,9,11H2,1-3H3/b14-10+. The maximum atomic E-state index is 10.6. The van der Waals surface area contributed by atoms with Gasteiger partial charge in [0.25, 0.3) is 0 Å². The number of nitrogens with zero attached hydrogens (tertiary/aromatic N) is 1. The summed E-state index contributed by atoms with van der Waals surface area (Å²) >= 11 is 0. The first-order valence-electron chi connectivity index (χ1n) is 6.60. The second kappa shape index (κ2) is 6.72. The van der Waals surface area contributed by atoms with E-state index in [1.165, 1.54) is 25.0 Å². The van der Waals surface area contributed by atoms with Crippen molar-refractivity contribution in [3.8, 4) is 0 Å². The van der Waals surface area contributed by atoms with E-state index in [9.17, 15) is 4.79 Å². The van der Waals surface area contributed by atoms with Crippen LogP contribution in [-0.2, 0) is 4.79 Å². The zero-order valence-corrected chi connectivity index (χ0v) is 10.9. The molecule has 0 aliphatic carbocycles. The first kappa shape index (κ1) is 13.3. The molecule has 0 N–H and O–H groups in total. The summed E-state index contributed by atoms with van der Waals surface area (Å²) < 4.78 is 0. The predicted octanol–water partition coefficient (Wildman–Crippen LogP) is 3.24. The van der Waals surface area contributed by atoms with Crippen LogP contribution in [0.3, 0.4) is 0 Å². The molecular formula is C14H25NO. The zero-order chi connectivity index (χ0) is 12.0. The first-order chi connectivity index (χ1) is 7.71. The van der Waals surface area contributed by atoms with Crippen LogP contribution in [0.25, 0.3) is 0 Å². The van der Waals surface area contributed by atoms with Crippen molar-refractivity contribution in [3.63, 3.8) is 0 Å².